The Bertz CT molecular complexity index is 1100. The second-order valence-electron chi connectivity index (χ2n) is 6.19. The van der Waals surface area contributed by atoms with Crippen LogP contribution >= 0.6 is 11.3 Å². The highest BCUT2D eigenvalue weighted by Crippen LogP contribution is 2.35. The van der Waals surface area contributed by atoms with Crippen molar-refractivity contribution in [2.45, 2.75) is 0 Å². The van der Waals surface area contributed by atoms with E-state index >= 15 is 0 Å². The number of nitro benzene ring substituents is 1. The van der Waals surface area contributed by atoms with E-state index < -0.39 is 10.9 Å². The number of hydrogen-bond acceptors (Lipinski definition) is 8. The summed E-state index contributed by atoms with van der Waals surface area (Å²) in [6.45, 7) is -0.258. The number of amides is 1. The minimum atomic E-state index is -0.591. The number of fused-ring (bicyclic) bond motifs is 1. The number of hydrogen-bond donors (Lipinski definition) is 1. The Hall–Kier alpha value is -3.79. The van der Waals surface area contributed by atoms with Gasteiger partial charge in [-0.25, -0.2) is 9.78 Å². The first-order valence-electron chi connectivity index (χ1n) is 8.54. The summed E-state index contributed by atoms with van der Waals surface area (Å²) in [6.07, 6.45) is 0. The van der Waals surface area contributed by atoms with Gasteiger partial charge in [0.15, 0.2) is 10.9 Å². The molecule has 1 amide bonds. The molecule has 1 N–H and O–H groups in total. The maximum Gasteiger partial charge on any atom is 0.331 e. The van der Waals surface area contributed by atoms with E-state index in [2.05, 4.69) is 10.3 Å². The van der Waals surface area contributed by atoms with Gasteiger partial charge in [0, 0.05) is 17.0 Å². The molecular formula is C19H14N4O5S. The number of nitrogens with one attached hydrogen (secondary N) is 1. The van der Waals surface area contributed by atoms with E-state index in [-0.39, 0.29) is 30.4 Å². The molecule has 4 rings (SSSR count). The molecule has 3 aromatic rings. The third-order valence-corrected chi connectivity index (χ3v) is 4.95. The summed E-state index contributed by atoms with van der Waals surface area (Å²) in [7, 11) is 0. The number of non-ortho nitro benzene ring substituents is 1. The number of aromatic nitrogens is 1. The Kier molecular flexibility index (Phi) is 4.92. The first-order chi connectivity index (χ1) is 14.0. The van der Waals surface area contributed by atoms with E-state index in [1.54, 1.807) is 0 Å². The predicted octanol–water partition coefficient (Wildman–Crippen LogP) is 3.08. The number of nitrogens with zero attached hydrogens (tertiary/aromatic N) is 3. The number of benzene rings is 2. The standard InChI is InChI=1S/C19H14N4O5S/c24-17(21-19-20-14(11-29-19)12-4-2-1-3-5-12)9-22-10-18(25)28-16-8-13(23(26)27)6-7-15(16)22/h1-8,11H,9-10H2,(H,20,21,24). The van der Waals surface area contributed by atoms with Gasteiger partial charge < -0.3 is 15.0 Å². The third-order valence-electron chi connectivity index (χ3n) is 4.19. The summed E-state index contributed by atoms with van der Waals surface area (Å²) in [5.74, 6) is -0.895. The number of esters is 1. The van der Waals surface area contributed by atoms with Gasteiger partial charge in [-0.1, -0.05) is 30.3 Å². The van der Waals surface area contributed by atoms with Crippen LogP contribution in [0.4, 0.5) is 16.5 Å². The number of carbonyl (C=O) groups excluding carboxylic acids is 2. The molecule has 0 bridgehead atoms. The molecule has 9 nitrogen and oxygen atoms in total. The molecule has 0 spiro atoms. The van der Waals surface area contributed by atoms with E-state index in [1.165, 1.54) is 34.4 Å². The Morgan fingerprint density at radius 3 is 2.83 bits per heavy atom. The minimum Gasteiger partial charge on any atom is -0.423 e. The molecule has 0 unspecified atom stereocenters. The molecule has 0 aliphatic carbocycles. The zero-order chi connectivity index (χ0) is 20.4. The van der Waals surface area contributed by atoms with E-state index in [9.17, 15) is 19.7 Å². The van der Waals surface area contributed by atoms with Crippen molar-refractivity contribution in [1.29, 1.82) is 0 Å². The van der Waals surface area contributed by atoms with Crippen LogP contribution in [0.15, 0.2) is 53.9 Å². The van der Waals surface area contributed by atoms with Crippen LogP contribution < -0.4 is 15.0 Å². The number of nitro groups is 1. The highest BCUT2D eigenvalue weighted by molar-refractivity contribution is 7.14. The van der Waals surface area contributed by atoms with Crippen molar-refractivity contribution in [3.8, 4) is 17.0 Å². The fourth-order valence-electron chi connectivity index (χ4n) is 2.90. The quantitative estimate of drug-likeness (QED) is 0.297. The number of rotatable bonds is 5. The first-order valence-corrected chi connectivity index (χ1v) is 9.42. The minimum absolute atomic E-state index is 0.0591. The van der Waals surface area contributed by atoms with Crippen LogP contribution in [0.25, 0.3) is 11.3 Å². The second kappa shape index (κ2) is 7.68. The van der Waals surface area contributed by atoms with Gasteiger partial charge in [-0.05, 0) is 6.07 Å². The van der Waals surface area contributed by atoms with Gasteiger partial charge in [-0.3, -0.25) is 14.9 Å². The van der Waals surface area contributed by atoms with Crippen molar-refractivity contribution < 1.29 is 19.2 Å². The van der Waals surface area contributed by atoms with Crippen LogP contribution in [0.2, 0.25) is 0 Å². The molecule has 1 aromatic heterocycles. The van der Waals surface area contributed by atoms with Crippen molar-refractivity contribution in [2.24, 2.45) is 0 Å². The lowest BCUT2D eigenvalue weighted by Gasteiger charge is -2.28. The monoisotopic (exact) mass is 410 g/mol. The van der Waals surface area contributed by atoms with Crippen molar-refractivity contribution in [1.82, 2.24) is 4.98 Å². The molecule has 0 atom stereocenters. The molecule has 146 valence electrons. The summed E-state index contributed by atoms with van der Waals surface area (Å²) in [5, 5.41) is 15.9. The highest BCUT2D eigenvalue weighted by Gasteiger charge is 2.27. The summed E-state index contributed by atoms with van der Waals surface area (Å²) >= 11 is 1.30. The number of thiazole rings is 1. The highest BCUT2D eigenvalue weighted by atomic mass is 32.1. The van der Waals surface area contributed by atoms with Crippen molar-refractivity contribution in [3.63, 3.8) is 0 Å². The average Bonchev–Trinajstić information content (AvgIpc) is 3.16. The second-order valence-corrected chi connectivity index (χ2v) is 7.05. The fourth-order valence-corrected chi connectivity index (χ4v) is 3.64. The van der Waals surface area contributed by atoms with Crippen molar-refractivity contribution in [3.05, 3.63) is 64.0 Å². The number of anilines is 2. The maximum absolute atomic E-state index is 12.5. The van der Waals surface area contributed by atoms with Gasteiger partial charge in [0.05, 0.1) is 28.9 Å². The lowest BCUT2D eigenvalue weighted by atomic mass is 10.2. The van der Waals surface area contributed by atoms with Gasteiger partial charge in [0.25, 0.3) is 5.69 Å². The molecule has 0 radical (unpaired) electrons. The molecule has 29 heavy (non-hydrogen) atoms. The Morgan fingerprint density at radius 2 is 2.07 bits per heavy atom. The van der Waals surface area contributed by atoms with Gasteiger partial charge >= 0.3 is 5.97 Å². The molecule has 10 heteroatoms. The Balaban J connectivity index is 1.47. The van der Waals surface area contributed by atoms with Crippen LogP contribution in [0.1, 0.15) is 0 Å². The molecule has 0 fully saturated rings. The lowest BCUT2D eigenvalue weighted by molar-refractivity contribution is -0.384. The predicted molar refractivity (Wildman–Crippen MR) is 107 cm³/mol. The molecule has 2 aromatic carbocycles. The van der Waals surface area contributed by atoms with Gasteiger partial charge in [-0.15, -0.1) is 11.3 Å². The normalized spacial score (nSPS) is 12.8. The molecular weight excluding hydrogens is 396 g/mol. The number of carbonyl (C=O) groups is 2. The molecule has 1 aliphatic heterocycles. The summed E-state index contributed by atoms with van der Waals surface area (Å²) in [5.41, 5.74) is 1.94. The Morgan fingerprint density at radius 1 is 1.28 bits per heavy atom. The van der Waals surface area contributed by atoms with Gasteiger partial charge in [0.2, 0.25) is 5.91 Å². The van der Waals surface area contributed by atoms with Crippen molar-refractivity contribution in [2.75, 3.05) is 23.3 Å². The lowest BCUT2D eigenvalue weighted by Crippen LogP contribution is -2.41. The van der Waals surface area contributed by atoms with E-state index in [1.807, 2.05) is 35.7 Å². The topological polar surface area (TPSA) is 115 Å². The third kappa shape index (κ3) is 4.06. The van der Waals surface area contributed by atoms with Crippen molar-refractivity contribution >= 4 is 39.7 Å². The average molecular weight is 410 g/mol. The van der Waals surface area contributed by atoms with Crippen LogP contribution in [0, 0.1) is 10.1 Å². The summed E-state index contributed by atoms with van der Waals surface area (Å²) in [6, 6.07) is 13.5. The summed E-state index contributed by atoms with van der Waals surface area (Å²) < 4.78 is 5.08. The smallest absolute Gasteiger partial charge is 0.331 e. The maximum atomic E-state index is 12.5. The zero-order valence-electron chi connectivity index (χ0n) is 14.9. The van der Waals surface area contributed by atoms with Crippen LogP contribution in [-0.2, 0) is 9.59 Å². The first kappa shape index (κ1) is 18.6. The molecule has 0 saturated carbocycles. The van der Waals surface area contributed by atoms with Crippen LogP contribution in [-0.4, -0.2) is 34.9 Å². The molecule has 1 aliphatic rings. The zero-order valence-corrected chi connectivity index (χ0v) is 15.7. The molecule has 2 heterocycles. The SMILES string of the molecule is O=C(CN1CC(=O)Oc2cc([N+](=O)[O-])ccc21)Nc1nc(-c2ccccc2)cs1. The van der Waals surface area contributed by atoms with E-state index in [4.69, 9.17) is 4.74 Å². The van der Waals surface area contributed by atoms with Gasteiger partial charge in [-0.2, -0.15) is 0 Å². The Labute approximate surface area is 168 Å². The van der Waals surface area contributed by atoms with E-state index in [0.717, 1.165) is 11.3 Å². The van der Waals surface area contributed by atoms with Crippen LogP contribution in [0.5, 0.6) is 5.75 Å². The van der Waals surface area contributed by atoms with Crippen LogP contribution in [0.3, 0.4) is 0 Å². The number of ether oxygens (including phenoxy) is 1. The van der Waals surface area contributed by atoms with E-state index in [0.29, 0.717) is 10.8 Å². The van der Waals surface area contributed by atoms with Gasteiger partial charge in [0.1, 0.15) is 6.54 Å². The fraction of sp³-hybridized carbons (Fsp3) is 0.105. The summed E-state index contributed by atoms with van der Waals surface area (Å²) in [4.78, 5) is 40.6. The largest absolute Gasteiger partial charge is 0.423 e. The molecule has 0 saturated heterocycles.